The molecule has 0 spiro atoms. The lowest BCUT2D eigenvalue weighted by Crippen LogP contribution is -2.24. The van der Waals surface area contributed by atoms with Crippen LogP contribution in [-0.2, 0) is 5.41 Å². The summed E-state index contributed by atoms with van der Waals surface area (Å²) in [6.45, 7) is 0. The molecule has 3 aromatic rings. The van der Waals surface area contributed by atoms with E-state index in [9.17, 15) is 22.8 Å². The predicted octanol–water partition coefficient (Wildman–Crippen LogP) is 7.86. The minimum absolute atomic E-state index is 0.0848. The molecule has 0 saturated heterocycles. The Morgan fingerprint density at radius 2 is 1.57 bits per heavy atom. The molecule has 1 aliphatic rings. The van der Waals surface area contributed by atoms with Gasteiger partial charge in [-0.2, -0.15) is 5.26 Å². The molecule has 1 fully saturated rings. The molecule has 37 heavy (non-hydrogen) atoms. The molecule has 0 bridgehead atoms. The van der Waals surface area contributed by atoms with Crippen molar-refractivity contribution >= 4 is 29.4 Å². The number of carbonyl (C=O) groups is 1. The molecular weight excluding hydrogens is 541 g/mol. The third-order valence-corrected chi connectivity index (χ3v) is 6.45. The van der Waals surface area contributed by atoms with Crippen molar-refractivity contribution in [2.75, 3.05) is 0 Å². The number of ether oxygens (including phenoxy) is 2. The Balaban J connectivity index is 0.000000886. The number of hydrogen-bond donors (Lipinski definition) is 2. The number of nitriles is 1. The van der Waals surface area contributed by atoms with Crippen molar-refractivity contribution in [1.29, 1.82) is 5.26 Å². The fourth-order valence-corrected chi connectivity index (χ4v) is 4.77. The van der Waals surface area contributed by atoms with E-state index in [1.807, 2.05) is 0 Å². The van der Waals surface area contributed by atoms with Crippen LogP contribution in [0.15, 0.2) is 72.8 Å². The fourth-order valence-electron chi connectivity index (χ4n) is 3.92. The minimum atomic E-state index is -4.83. The number of nitrogens with zero attached hydrogens (tertiary/aromatic N) is 1. The summed E-state index contributed by atoms with van der Waals surface area (Å²) in [5.41, 5.74) is -0.254. The Hall–Kier alpha value is -3.68. The van der Waals surface area contributed by atoms with Crippen LogP contribution in [0, 0.1) is 17.1 Å². The average molecular weight is 558 g/mol. The Kier molecular flexibility index (Phi) is 8.10. The van der Waals surface area contributed by atoms with E-state index in [4.69, 9.17) is 42.9 Å². The highest BCUT2D eigenvalue weighted by molar-refractivity contribution is 6.52. The molecule has 12 heteroatoms. The molecule has 0 aromatic heterocycles. The van der Waals surface area contributed by atoms with Crippen LogP contribution < -0.4 is 9.47 Å². The highest BCUT2D eigenvalue weighted by Gasteiger charge is 2.71. The molecule has 1 saturated carbocycles. The van der Waals surface area contributed by atoms with Gasteiger partial charge in [-0.3, -0.25) is 0 Å². The molecule has 0 heterocycles. The minimum Gasteiger partial charge on any atom is -0.454 e. The van der Waals surface area contributed by atoms with E-state index in [0.717, 1.165) is 12.1 Å². The topological polar surface area (TPSA) is 99.8 Å². The number of halogens is 6. The van der Waals surface area contributed by atoms with Crippen molar-refractivity contribution in [3.8, 4) is 23.3 Å². The van der Waals surface area contributed by atoms with E-state index in [0.29, 0.717) is 16.9 Å². The lowest BCUT2D eigenvalue weighted by molar-refractivity contribution is -0.274. The quantitative estimate of drug-likeness (QED) is 0.236. The molecule has 3 aromatic carbocycles. The van der Waals surface area contributed by atoms with E-state index in [1.54, 1.807) is 30.3 Å². The molecule has 6 nitrogen and oxygen atoms in total. The van der Waals surface area contributed by atoms with Gasteiger partial charge in [0.25, 0.3) is 0 Å². The zero-order valence-electron chi connectivity index (χ0n) is 18.5. The zero-order valence-corrected chi connectivity index (χ0v) is 20.1. The van der Waals surface area contributed by atoms with Crippen molar-refractivity contribution in [3.63, 3.8) is 0 Å². The summed E-state index contributed by atoms with van der Waals surface area (Å²) in [6.07, 6.45) is -6.49. The van der Waals surface area contributed by atoms with Crippen LogP contribution in [0.4, 0.5) is 22.4 Å². The second-order valence-electron chi connectivity index (χ2n) is 7.87. The molecule has 2 atom stereocenters. The van der Waals surface area contributed by atoms with Gasteiger partial charge in [0.15, 0.2) is 11.6 Å². The molecule has 0 amide bonds. The van der Waals surface area contributed by atoms with Gasteiger partial charge in [-0.25, -0.2) is 9.18 Å². The third kappa shape index (κ3) is 6.56. The van der Waals surface area contributed by atoms with Crippen LogP contribution in [0.3, 0.4) is 0 Å². The maximum Gasteiger partial charge on any atom is 0.573 e. The summed E-state index contributed by atoms with van der Waals surface area (Å²) < 4.78 is 60.1. The monoisotopic (exact) mass is 557 g/mol. The van der Waals surface area contributed by atoms with Gasteiger partial charge >= 0.3 is 12.5 Å². The molecule has 194 valence electrons. The second kappa shape index (κ2) is 10.7. The SMILES string of the molecule is N#CC(c1ccc(F)c(Oc2ccccc2)c1)C1(c2ccc(OC(F)(F)F)cc2)CC1(Cl)Cl.O=C(O)O. The highest BCUT2D eigenvalue weighted by Crippen LogP contribution is 2.70. The normalized spacial score (nSPS) is 18.4. The Bertz CT molecular complexity index is 1290. The predicted molar refractivity (Wildman–Crippen MR) is 126 cm³/mol. The van der Waals surface area contributed by atoms with Crippen LogP contribution >= 0.6 is 23.2 Å². The van der Waals surface area contributed by atoms with Gasteiger partial charge in [0.1, 0.15) is 15.8 Å². The van der Waals surface area contributed by atoms with Crippen LogP contribution in [0.1, 0.15) is 23.5 Å². The van der Waals surface area contributed by atoms with Gasteiger partial charge in [-0.15, -0.1) is 36.4 Å². The van der Waals surface area contributed by atoms with E-state index < -0.39 is 39.8 Å². The van der Waals surface area contributed by atoms with E-state index in [2.05, 4.69) is 10.8 Å². The average Bonchev–Trinajstić information content (AvgIpc) is 3.38. The number of hydrogen-bond acceptors (Lipinski definition) is 4. The fraction of sp³-hybridized carbons (Fsp3) is 0.200. The largest absolute Gasteiger partial charge is 0.573 e. The molecule has 0 aliphatic heterocycles. The molecule has 2 N–H and O–H groups in total. The van der Waals surface area contributed by atoms with Gasteiger partial charge in [0.2, 0.25) is 0 Å². The molecule has 2 unspecified atom stereocenters. The van der Waals surface area contributed by atoms with Gasteiger partial charge in [-0.1, -0.05) is 36.4 Å². The number of rotatable bonds is 6. The van der Waals surface area contributed by atoms with Gasteiger partial charge in [0.05, 0.1) is 17.4 Å². The second-order valence-corrected chi connectivity index (χ2v) is 9.36. The molecule has 4 rings (SSSR count). The first kappa shape index (κ1) is 27.9. The van der Waals surface area contributed by atoms with Crippen molar-refractivity contribution in [1.82, 2.24) is 0 Å². The van der Waals surface area contributed by atoms with E-state index in [-0.39, 0.29) is 12.2 Å². The summed E-state index contributed by atoms with van der Waals surface area (Å²) >= 11 is 12.9. The Morgan fingerprint density at radius 3 is 2.05 bits per heavy atom. The van der Waals surface area contributed by atoms with E-state index in [1.165, 1.54) is 30.3 Å². The molecular formula is C25H17Cl2F4NO5. The van der Waals surface area contributed by atoms with E-state index >= 15 is 0 Å². The van der Waals surface area contributed by atoms with Crippen LogP contribution in [0.2, 0.25) is 0 Å². The first-order chi connectivity index (χ1) is 17.3. The van der Waals surface area contributed by atoms with Crippen molar-refractivity contribution < 1.29 is 42.0 Å². The Morgan fingerprint density at radius 1 is 1.00 bits per heavy atom. The molecule has 1 aliphatic carbocycles. The first-order valence-electron chi connectivity index (χ1n) is 10.4. The summed E-state index contributed by atoms with van der Waals surface area (Å²) in [6, 6.07) is 19.8. The highest BCUT2D eigenvalue weighted by atomic mass is 35.5. The van der Waals surface area contributed by atoms with Crippen molar-refractivity contribution in [2.24, 2.45) is 0 Å². The summed E-state index contributed by atoms with van der Waals surface area (Å²) in [5, 5.41) is 24.0. The van der Waals surface area contributed by atoms with Gasteiger partial charge in [0, 0.05) is 0 Å². The standard InChI is InChI=1S/C24H15Cl2F4NO2.CH2O3/c25-23(26)14-22(23,16-7-9-18(10-8-16)33-24(28,29)30)19(13-31)15-6-11-20(27)21(12-15)32-17-4-2-1-3-5-17;2-1(3)4/h1-12,19H,14H2;(H2,2,3,4). The lowest BCUT2D eigenvalue weighted by Gasteiger charge is -2.25. The van der Waals surface area contributed by atoms with Crippen molar-refractivity contribution in [2.45, 2.75) is 28.4 Å². The summed E-state index contributed by atoms with van der Waals surface area (Å²) in [7, 11) is 0. The zero-order chi connectivity index (χ0) is 27.4. The number of carboxylic acid groups (broad SMARTS) is 2. The third-order valence-electron chi connectivity index (χ3n) is 5.51. The number of benzene rings is 3. The van der Waals surface area contributed by atoms with Crippen molar-refractivity contribution in [3.05, 3.63) is 89.7 Å². The lowest BCUT2D eigenvalue weighted by atomic mass is 9.79. The van der Waals surface area contributed by atoms with Crippen LogP contribution in [0.25, 0.3) is 0 Å². The summed E-state index contributed by atoms with van der Waals surface area (Å²) in [4.78, 5) is 8.56. The number of alkyl halides is 5. The van der Waals surface area contributed by atoms with Crippen LogP contribution in [0.5, 0.6) is 17.2 Å². The van der Waals surface area contributed by atoms with Gasteiger partial charge < -0.3 is 19.7 Å². The summed E-state index contributed by atoms with van der Waals surface area (Å²) in [5.74, 6) is -1.64. The first-order valence-corrected chi connectivity index (χ1v) is 11.1. The maximum absolute atomic E-state index is 14.4. The smallest absolute Gasteiger partial charge is 0.454 e. The van der Waals surface area contributed by atoms with Crippen LogP contribution in [-0.4, -0.2) is 27.1 Å². The van der Waals surface area contributed by atoms with Gasteiger partial charge in [-0.05, 0) is 53.9 Å². The maximum atomic E-state index is 14.4. The molecule has 0 radical (unpaired) electrons. The Labute approximate surface area is 218 Å². The number of para-hydroxylation sites is 1.